The summed E-state index contributed by atoms with van der Waals surface area (Å²) in [5.74, 6) is 0.0572. The maximum Gasteiger partial charge on any atom is 0.253 e. The third kappa shape index (κ3) is 2.75. The fourth-order valence-electron chi connectivity index (χ4n) is 2.44. The zero-order valence-corrected chi connectivity index (χ0v) is 12.5. The number of rotatable bonds is 2. The van der Waals surface area contributed by atoms with Gasteiger partial charge in [-0.1, -0.05) is 15.9 Å². The lowest BCUT2D eigenvalue weighted by Gasteiger charge is -2.27. The van der Waals surface area contributed by atoms with Crippen LogP contribution in [0.25, 0.3) is 0 Å². The quantitative estimate of drug-likeness (QED) is 0.840. The molecule has 1 aromatic rings. The molecule has 3 nitrogen and oxygen atoms in total. The Kier molecular flexibility index (Phi) is 4.07. The number of carbonyl (C=O) groups excluding carboxylic acids is 1. The largest absolute Gasteiger partial charge is 0.376 e. The Labute approximate surface area is 116 Å². The summed E-state index contributed by atoms with van der Waals surface area (Å²) in [4.78, 5) is 14.2. The summed E-state index contributed by atoms with van der Waals surface area (Å²) in [6.07, 6.45) is 1.03. The third-order valence-electron chi connectivity index (χ3n) is 3.44. The second-order valence-corrected chi connectivity index (χ2v) is 5.78. The molecular formula is C14H18BrNO2. The molecule has 2 atom stereocenters. The van der Waals surface area contributed by atoms with Crippen LogP contribution in [0.15, 0.2) is 22.7 Å². The van der Waals surface area contributed by atoms with Crippen molar-refractivity contribution in [1.29, 1.82) is 0 Å². The van der Waals surface area contributed by atoms with Crippen LogP contribution in [-0.4, -0.2) is 36.6 Å². The summed E-state index contributed by atoms with van der Waals surface area (Å²) in [7, 11) is 1.86. The van der Waals surface area contributed by atoms with E-state index in [0.717, 1.165) is 28.6 Å². The van der Waals surface area contributed by atoms with Gasteiger partial charge in [0, 0.05) is 23.7 Å². The molecule has 18 heavy (non-hydrogen) atoms. The van der Waals surface area contributed by atoms with Gasteiger partial charge in [0.25, 0.3) is 5.91 Å². The van der Waals surface area contributed by atoms with Gasteiger partial charge >= 0.3 is 0 Å². The zero-order chi connectivity index (χ0) is 13.3. The summed E-state index contributed by atoms with van der Waals surface area (Å²) >= 11 is 3.43. The van der Waals surface area contributed by atoms with Crippen LogP contribution in [0.2, 0.25) is 0 Å². The monoisotopic (exact) mass is 311 g/mol. The van der Waals surface area contributed by atoms with Gasteiger partial charge in [0.05, 0.1) is 12.1 Å². The van der Waals surface area contributed by atoms with Gasteiger partial charge in [-0.3, -0.25) is 4.79 Å². The molecule has 1 aliphatic rings. The molecule has 1 heterocycles. The van der Waals surface area contributed by atoms with Crippen LogP contribution in [0.4, 0.5) is 0 Å². The van der Waals surface area contributed by atoms with Crippen molar-refractivity contribution in [3.63, 3.8) is 0 Å². The minimum atomic E-state index is 0.0572. The first-order valence-corrected chi connectivity index (χ1v) is 6.94. The van der Waals surface area contributed by atoms with Crippen LogP contribution < -0.4 is 0 Å². The number of likely N-dealkylation sites (N-methyl/N-ethyl adjacent to an activating group) is 1. The molecule has 0 aromatic heterocycles. The van der Waals surface area contributed by atoms with Crippen LogP contribution in [0.3, 0.4) is 0 Å². The van der Waals surface area contributed by atoms with Crippen molar-refractivity contribution in [2.75, 3.05) is 13.7 Å². The highest BCUT2D eigenvalue weighted by Crippen LogP contribution is 2.22. The molecule has 0 saturated carbocycles. The van der Waals surface area contributed by atoms with Crippen molar-refractivity contribution >= 4 is 21.8 Å². The van der Waals surface area contributed by atoms with E-state index in [0.29, 0.717) is 0 Å². The Morgan fingerprint density at radius 2 is 2.17 bits per heavy atom. The van der Waals surface area contributed by atoms with Crippen molar-refractivity contribution in [2.45, 2.75) is 32.4 Å². The first-order valence-electron chi connectivity index (χ1n) is 6.15. The summed E-state index contributed by atoms with van der Waals surface area (Å²) in [5, 5.41) is 0. The number of hydrogen-bond donors (Lipinski definition) is 0. The van der Waals surface area contributed by atoms with Crippen LogP contribution in [0.5, 0.6) is 0 Å². The summed E-state index contributed by atoms with van der Waals surface area (Å²) in [6, 6.07) is 5.96. The standard InChI is InChI=1S/C14H18BrNO2/c1-9-6-11(8-12(15)7-9)14(17)16(3)13-4-5-18-10(13)2/h6-8,10,13H,4-5H2,1-3H3. The number of aryl methyl sites for hydroxylation is 1. The first kappa shape index (κ1) is 13.6. The minimum absolute atomic E-state index is 0.0572. The summed E-state index contributed by atoms with van der Waals surface area (Å²) < 4.78 is 6.46. The molecule has 1 amide bonds. The number of amides is 1. The van der Waals surface area contributed by atoms with Gasteiger partial charge in [-0.25, -0.2) is 0 Å². The molecule has 4 heteroatoms. The number of nitrogens with zero attached hydrogens (tertiary/aromatic N) is 1. The fourth-order valence-corrected chi connectivity index (χ4v) is 3.05. The minimum Gasteiger partial charge on any atom is -0.376 e. The van der Waals surface area contributed by atoms with Crippen LogP contribution >= 0.6 is 15.9 Å². The number of halogens is 1. The van der Waals surface area contributed by atoms with Gasteiger partial charge in [-0.15, -0.1) is 0 Å². The normalized spacial score (nSPS) is 23.1. The second-order valence-electron chi connectivity index (χ2n) is 4.87. The topological polar surface area (TPSA) is 29.5 Å². The van der Waals surface area contributed by atoms with Crippen LogP contribution in [0.1, 0.15) is 29.3 Å². The molecule has 0 bridgehead atoms. The number of carbonyl (C=O) groups is 1. The van der Waals surface area contributed by atoms with Gasteiger partial charge in [0.1, 0.15) is 0 Å². The van der Waals surface area contributed by atoms with E-state index in [-0.39, 0.29) is 18.1 Å². The Bertz CT molecular complexity index is 441. The van der Waals surface area contributed by atoms with E-state index in [4.69, 9.17) is 4.74 Å². The molecule has 0 radical (unpaired) electrons. The highest BCUT2D eigenvalue weighted by molar-refractivity contribution is 9.10. The molecule has 0 N–H and O–H groups in total. The number of ether oxygens (including phenoxy) is 1. The molecule has 0 spiro atoms. The molecule has 1 fully saturated rings. The van der Waals surface area contributed by atoms with Gasteiger partial charge in [-0.05, 0) is 44.0 Å². The molecule has 0 aliphatic carbocycles. The van der Waals surface area contributed by atoms with Crippen molar-refractivity contribution in [3.05, 3.63) is 33.8 Å². The molecule has 2 unspecified atom stereocenters. The summed E-state index contributed by atoms with van der Waals surface area (Å²) in [6.45, 7) is 4.75. The molecule has 98 valence electrons. The SMILES string of the molecule is Cc1cc(Br)cc(C(=O)N(C)C2CCOC2C)c1. The Morgan fingerprint density at radius 1 is 1.44 bits per heavy atom. The van der Waals surface area contributed by atoms with E-state index in [1.165, 1.54) is 0 Å². The lowest BCUT2D eigenvalue weighted by Crippen LogP contribution is -2.41. The zero-order valence-electron chi connectivity index (χ0n) is 10.9. The predicted molar refractivity (Wildman–Crippen MR) is 74.8 cm³/mol. The molecule has 1 saturated heterocycles. The van der Waals surface area contributed by atoms with E-state index < -0.39 is 0 Å². The third-order valence-corrected chi connectivity index (χ3v) is 3.90. The van der Waals surface area contributed by atoms with Crippen LogP contribution in [0, 0.1) is 6.92 Å². The highest BCUT2D eigenvalue weighted by atomic mass is 79.9. The maximum absolute atomic E-state index is 12.4. The average molecular weight is 312 g/mol. The predicted octanol–water partition coefficient (Wildman–Crippen LogP) is 3.01. The number of hydrogen-bond acceptors (Lipinski definition) is 2. The van der Waals surface area contributed by atoms with Gasteiger partial charge in [0.2, 0.25) is 0 Å². The van der Waals surface area contributed by atoms with E-state index in [2.05, 4.69) is 15.9 Å². The smallest absolute Gasteiger partial charge is 0.253 e. The maximum atomic E-state index is 12.4. The summed E-state index contributed by atoms with van der Waals surface area (Å²) in [5.41, 5.74) is 1.81. The molecule has 2 rings (SSSR count). The van der Waals surface area contributed by atoms with E-state index in [9.17, 15) is 4.79 Å². The van der Waals surface area contributed by atoms with E-state index in [1.807, 2.05) is 39.1 Å². The van der Waals surface area contributed by atoms with Gasteiger partial charge < -0.3 is 9.64 Å². The Morgan fingerprint density at radius 3 is 2.72 bits per heavy atom. The Balaban J connectivity index is 2.19. The average Bonchev–Trinajstić information content (AvgIpc) is 2.72. The highest BCUT2D eigenvalue weighted by Gasteiger charge is 2.31. The second kappa shape index (κ2) is 5.41. The van der Waals surface area contributed by atoms with E-state index in [1.54, 1.807) is 4.90 Å². The lowest BCUT2D eigenvalue weighted by molar-refractivity contribution is 0.0574. The van der Waals surface area contributed by atoms with Crippen molar-refractivity contribution < 1.29 is 9.53 Å². The van der Waals surface area contributed by atoms with Crippen molar-refractivity contribution in [2.24, 2.45) is 0 Å². The molecular weight excluding hydrogens is 294 g/mol. The Hall–Kier alpha value is -0.870. The van der Waals surface area contributed by atoms with Crippen molar-refractivity contribution in [3.8, 4) is 0 Å². The lowest BCUT2D eigenvalue weighted by atomic mass is 10.1. The molecule has 1 aliphatic heterocycles. The van der Waals surface area contributed by atoms with Crippen molar-refractivity contribution in [1.82, 2.24) is 4.90 Å². The molecule has 1 aromatic carbocycles. The van der Waals surface area contributed by atoms with Gasteiger partial charge in [0.15, 0.2) is 0 Å². The first-order chi connectivity index (χ1) is 8.49. The fraction of sp³-hybridized carbons (Fsp3) is 0.500. The van der Waals surface area contributed by atoms with Gasteiger partial charge in [-0.2, -0.15) is 0 Å². The van der Waals surface area contributed by atoms with Crippen LogP contribution in [-0.2, 0) is 4.74 Å². The van der Waals surface area contributed by atoms with E-state index >= 15 is 0 Å². The number of benzene rings is 1.